The predicted molar refractivity (Wildman–Crippen MR) is 77.1 cm³/mol. The molecule has 0 fully saturated rings. The summed E-state index contributed by atoms with van der Waals surface area (Å²) in [5.41, 5.74) is 7.52. The van der Waals surface area contributed by atoms with Crippen LogP contribution in [0.5, 0.6) is 0 Å². The van der Waals surface area contributed by atoms with Gasteiger partial charge in [0.05, 0.1) is 24.5 Å². The highest BCUT2D eigenvalue weighted by Crippen LogP contribution is 2.08. The van der Waals surface area contributed by atoms with E-state index in [0.717, 1.165) is 12.0 Å². The fourth-order valence-corrected chi connectivity index (χ4v) is 1.87. The molecule has 0 aliphatic carbocycles. The first-order chi connectivity index (χ1) is 9.69. The smallest absolute Gasteiger partial charge is 0.241 e. The Morgan fingerprint density at radius 3 is 2.90 bits per heavy atom. The van der Waals surface area contributed by atoms with Crippen molar-refractivity contribution in [1.29, 1.82) is 0 Å². The number of hydrogen-bond donors (Lipinski definition) is 2. The zero-order chi connectivity index (χ0) is 14.4. The summed E-state index contributed by atoms with van der Waals surface area (Å²) in [4.78, 5) is 15.8. The first-order valence-corrected chi connectivity index (χ1v) is 6.67. The monoisotopic (exact) mass is 273 g/mol. The molecule has 106 valence electrons. The molecule has 2 aromatic rings. The largest absolute Gasteiger partial charge is 0.322 e. The number of nitrogens with one attached hydrogen (secondary N) is 1. The van der Waals surface area contributed by atoms with E-state index in [9.17, 15) is 4.79 Å². The molecule has 2 aromatic heterocycles. The number of carbonyl (C=O) groups is 1. The molecule has 0 saturated carbocycles. The molecule has 0 aromatic carbocycles. The van der Waals surface area contributed by atoms with E-state index in [2.05, 4.69) is 15.4 Å². The quantitative estimate of drug-likeness (QED) is 0.832. The number of nitrogens with two attached hydrogens (primary N) is 1. The van der Waals surface area contributed by atoms with Gasteiger partial charge in [0.15, 0.2) is 0 Å². The minimum atomic E-state index is -0.469. The van der Waals surface area contributed by atoms with Crippen LogP contribution < -0.4 is 11.1 Å². The van der Waals surface area contributed by atoms with Crippen molar-refractivity contribution in [3.8, 4) is 0 Å². The van der Waals surface area contributed by atoms with Crippen LogP contribution in [0, 0.1) is 0 Å². The summed E-state index contributed by atoms with van der Waals surface area (Å²) in [6.07, 6.45) is 8.46. The summed E-state index contributed by atoms with van der Waals surface area (Å²) in [7, 11) is 0. The van der Waals surface area contributed by atoms with E-state index in [1.807, 2.05) is 19.1 Å². The molecule has 3 N–H and O–H groups in total. The van der Waals surface area contributed by atoms with Crippen LogP contribution in [-0.4, -0.2) is 26.7 Å². The van der Waals surface area contributed by atoms with Gasteiger partial charge in [-0.25, -0.2) is 0 Å². The Balaban J connectivity index is 1.94. The Kier molecular flexibility index (Phi) is 4.84. The molecule has 6 heteroatoms. The molecule has 0 bridgehead atoms. The van der Waals surface area contributed by atoms with E-state index in [4.69, 9.17) is 5.73 Å². The van der Waals surface area contributed by atoms with Gasteiger partial charge in [-0.1, -0.05) is 13.3 Å². The highest BCUT2D eigenvalue weighted by Gasteiger charge is 2.13. The lowest BCUT2D eigenvalue weighted by Crippen LogP contribution is -2.35. The number of pyridine rings is 1. The number of carbonyl (C=O) groups excluding carboxylic acids is 1. The van der Waals surface area contributed by atoms with Crippen molar-refractivity contribution in [3.05, 3.63) is 42.5 Å². The second-order valence-electron chi connectivity index (χ2n) is 4.67. The SMILES string of the molecule is CCCC(N)C(=O)Nc1cnn(Cc2ccncc2)c1. The van der Waals surface area contributed by atoms with Crippen molar-refractivity contribution >= 4 is 11.6 Å². The average molecular weight is 273 g/mol. The molecule has 2 heterocycles. The zero-order valence-corrected chi connectivity index (χ0v) is 11.5. The molecule has 2 rings (SSSR count). The van der Waals surface area contributed by atoms with Crippen molar-refractivity contribution < 1.29 is 4.79 Å². The standard InChI is InChI=1S/C14H19N5O/c1-2-3-13(15)14(20)18-12-8-17-19(10-12)9-11-4-6-16-7-5-11/h4-8,10,13H,2-3,9,15H2,1H3,(H,18,20). The Morgan fingerprint density at radius 2 is 2.20 bits per heavy atom. The molecule has 1 atom stereocenters. The minimum Gasteiger partial charge on any atom is -0.322 e. The van der Waals surface area contributed by atoms with Crippen LogP contribution in [0.3, 0.4) is 0 Å². The van der Waals surface area contributed by atoms with Crippen molar-refractivity contribution in [3.63, 3.8) is 0 Å². The number of amides is 1. The van der Waals surface area contributed by atoms with Crippen molar-refractivity contribution in [2.24, 2.45) is 5.73 Å². The predicted octanol–water partition coefficient (Wildman–Crippen LogP) is 1.39. The van der Waals surface area contributed by atoms with E-state index in [-0.39, 0.29) is 5.91 Å². The van der Waals surface area contributed by atoms with Gasteiger partial charge in [0.1, 0.15) is 0 Å². The summed E-state index contributed by atoms with van der Waals surface area (Å²) in [5, 5.41) is 6.98. The Bertz CT molecular complexity index is 552. The fourth-order valence-electron chi connectivity index (χ4n) is 1.87. The van der Waals surface area contributed by atoms with Crippen LogP contribution in [0.1, 0.15) is 25.3 Å². The molecule has 6 nitrogen and oxygen atoms in total. The Morgan fingerprint density at radius 1 is 1.45 bits per heavy atom. The van der Waals surface area contributed by atoms with Crippen LogP contribution in [0.4, 0.5) is 5.69 Å². The zero-order valence-electron chi connectivity index (χ0n) is 11.5. The Labute approximate surface area is 118 Å². The summed E-state index contributed by atoms with van der Waals surface area (Å²) in [6.45, 7) is 2.64. The number of aromatic nitrogens is 3. The third-order valence-corrected chi connectivity index (χ3v) is 2.93. The van der Waals surface area contributed by atoms with Gasteiger partial charge < -0.3 is 11.1 Å². The van der Waals surface area contributed by atoms with E-state index < -0.39 is 6.04 Å². The van der Waals surface area contributed by atoms with Crippen LogP contribution in [0.25, 0.3) is 0 Å². The van der Waals surface area contributed by atoms with Crippen LogP contribution in [-0.2, 0) is 11.3 Å². The molecule has 0 spiro atoms. The van der Waals surface area contributed by atoms with Crippen LogP contribution >= 0.6 is 0 Å². The maximum Gasteiger partial charge on any atom is 0.241 e. The first-order valence-electron chi connectivity index (χ1n) is 6.67. The molecule has 0 radical (unpaired) electrons. The summed E-state index contributed by atoms with van der Waals surface area (Å²) < 4.78 is 1.76. The molecule has 20 heavy (non-hydrogen) atoms. The molecular weight excluding hydrogens is 254 g/mol. The number of anilines is 1. The maximum absolute atomic E-state index is 11.8. The van der Waals surface area contributed by atoms with Crippen molar-refractivity contribution in [2.45, 2.75) is 32.4 Å². The number of nitrogens with zero attached hydrogens (tertiary/aromatic N) is 3. The summed E-state index contributed by atoms with van der Waals surface area (Å²) in [6, 6.07) is 3.39. The molecule has 0 saturated heterocycles. The van der Waals surface area contributed by atoms with Crippen LogP contribution in [0.15, 0.2) is 36.9 Å². The van der Waals surface area contributed by atoms with Gasteiger partial charge >= 0.3 is 0 Å². The van der Waals surface area contributed by atoms with Crippen molar-refractivity contribution in [2.75, 3.05) is 5.32 Å². The third kappa shape index (κ3) is 3.89. The van der Waals surface area contributed by atoms with Gasteiger partial charge in [-0.3, -0.25) is 14.5 Å². The lowest BCUT2D eigenvalue weighted by Gasteiger charge is -2.09. The van der Waals surface area contributed by atoms with Gasteiger partial charge in [0.2, 0.25) is 5.91 Å². The highest BCUT2D eigenvalue weighted by atomic mass is 16.2. The molecule has 0 aliphatic rings. The topological polar surface area (TPSA) is 85.8 Å². The van der Waals surface area contributed by atoms with Gasteiger partial charge in [-0.2, -0.15) is 5.10 Å². The normalized spacial score (nSPS) is 12.1. The molecular formula is C14H19N5O. The third-order valence-electron chi connectivity index (χ3n) is 2.93. The number of rotatable bonds is 6. The van der Waals surface area contributed by atoms with Crippen molar-refractivity contribution in [1.82, 2.24) is 14.8 Å². The lowest BCUT2D eigenvalue weighted by molar-refractivity contribution is -0.117. The minimum absolute atomic E-state index is 0.171. The molecule has 0 aliphatic heterocycles. The van der Waals surface area contributed by atoms with E-state index in [1.54, 1.807) is 29.5 Å². The fraction of sp³-hybridized carbons (Fsp3) is 0.357. The Hall–Kier alpha value is -2.21. The van der Waals surface area contributed by atoms with Gasteiger partial charge in [0.25, 0.3) is 0 Å². The summed E-state index contributed by atoms with van der Waals surface area (Å²) >= 11 is 0. The lowest BCUT2D eigenvalue weighted by atomic mass is 10.2. The second kappa shape index (κ2) is 6.81. The van der Waals surface area contributed by atoms with E-state index in [0.29, 0.717) is 18.7 Å². The van der Waals surface area contributed by atoms with E-state index in [1.165, 1.54) is 0 Å². The maximum atomic E-state index is 11.8. The molecule has 1 unspecified atom stereocenters. The second-order valence-corrected chi connectivity index (χ2v) is 4.67. The summed E-state index contributed by atoms with van der Waals surface area (Å²) in [5.74, 6) is -0.171. The van der Waals surface area contributed by atoms with Gasteiger partial charge in [-0.15, -0.1) is 0 Å². The first kappa shape index (κ1) is 14.2. The van der Waals surface area contributed by atoms with Crippen LogP contribution in [0.2, 0.25) is 0 Å². The molecule has 1 amide bonds. The van der Waals surface area contributed by atoms with E-state index >= 15 is 0 Å². The van der Waals surface area contributed by atoms with Gasteiger partial charge in [0, 0.05) is 18.6 Å². The number of hydrogen-bond acceptors (Lipinski definition) is 4. The van der Waals surface area contributed by atoms with Gasteiger partial charge in [-0.05, 0) is 24.1 Å². The highest BCUT2D eigenvalue weighted by molar-refractivity contribution is 5.94. The average Bonchev–Trinajstić information content (AvgIpc) is 2.87.